The summed E-state index contributed by atoms with van der Waals surface area (Å²) in [4.78, 5) is 4.89. The second-order valence-electron chi connectivity index (χ2n) is 3.75. The molecule has 0 saturated heterocycles. The molecule has 0 bridgehead atoms. The first kappa shape index (κ1) is 13.8. The van der Waals surface area contributed by atoms with Gasteiger partial charge in [0.15, 0.2) is 0 Å². The van der Waals surface area contributed by atoms with Gasteiger partial charge >= 0.3 is 6.36 Å². The molecule has 1 unspecified atom stereocenters. The van der Waals surface area contributed by atoms with E-state index in [9.17, 15) is 13.2 Å². The average Bonchev–Trinajstić information content (AvgIpc) is 2.82. The third-order valence-electron chi connectivity index (χ3n) is 2.45. The molecule has 0 spiro atoms. The van der Waals surface area contributed by atoms with Gasteiger partial charge in [-0.15, -0.1) is 24.5 Å². The third-order valence-corrected chi connectivity index (χ3v) is 3.29. The molecule has 2 aromatic rings. The van der Waals surface area contributed by atoms with E-state index in [0.29, 0.717) is 5.56 Å². The van der Waals surface area contributed by atoms with E-state index in [1.165, 1.54) is 29.5 Å². The van der Waals surface area contributed by atoms with Crippen molar-refractivity contribution in [2.75, 3.05) is 7.05 Å². The molecule has 0 aliphatic heterocycles. The zero-order valence-electron chi connectivity index (χ0n) is 9.94. The molecule has 3 nitrogen and oxygen atoms in total. The van der Waals surface area contributed by atoms with Gasteiger partial charge in [-0.05, 0) is 24.7 Å². The SMILES string of the molecule is CNC(c1cccc(OC(F)(F)F)c1)c1cncs1. The minimum absolute atomic E-state index is 0.204. The van der Waals surface area contributed by atoms with Crippen molar-refractivity contribution in [3.8, 4) is 5.75 Å². The summed E-state index contributed by atoms with van der Waals surface area (Å²) in [7, 11) is 1.74. The molecule has 7 heteroatoms. The number of ether oxygens (including phenoxy) is 1. The van der Waals surface area contributed by atoms with Gasteiger partial charge in [-0.3, -0.25) is 4.98 Å². The second kappa shape index (κ2) is 5.58. The molecule has 1 heterocycles. The van der Waals surface area contributed by atoms with Crippen molar-refractivity contribution < 1.29 is 17.9 Å². The molecule has 0 radical (unpaired) electrons. The van der Waals surface area contributed by atoms with Crippen LogP contribution in [0, 0.1) is 0 Å². The summed E-state index contributed by atoms with van der Waals surface area (Å²) in [5.41, 5.74) is 2.36. The average molecular weight is 288 g/mol. The smallest absolute Gasteiger partial charge is 0.406 e. The minimum Gasteiger partial charge on any atom is -0.406 e. The van der Waals surface area contributed by atoms with Crippen LogP contribution in [0.2, 0.25) is 0 Å². The molecule has 19 heavy (non-hydrogen) atoms. The maximum Gasteiger partial charge on any atom is 0.573 e. The fraction of sp³-hybridized carbons (Fsp3) is 0.250. The van der Waals surface area contributed by atoms with E-state index in [-0.39, 0.29) is 11.8 Å². The first-order chi connectivity index (χ1) is 8.99. The van der Waals surface area contributed by atoms with Crippen molar-refractivity contribution in [1.82, 2.24) is 10.3 Å². The van der Waals surface area contributed by atoms with Gasteiger partial charge in [0, 0.05) is 11.1 Å². The lowest BCUT2D eigenvalue weighted by Gasteiger charge is -2.16. The van der Waals surface area contributed by atoms with Crippen LogP contribution in [-0.4, -0.2) is 18.4 Å². The number of nitrogens with one attached hydrogen (secondary N) is 1. The first-order valence-corrected chi connectivity index (χ1v) is 6.29. The van der Waals surface area contributed by atoms with Crippen LogP contribution in [0.4, 0.5) is 13.2 Å². The minimum atomic E-state index is -4.68. The highest BCUT2D eigenvalue weighted by atomic mass is 32.1. The molecule has 1 atom stereocenters. The molecule has 1 N–H and O–H groups in total. The lowest BCUT2D eigenvalue weighted by Crippen LogP contribution is -2.19. The summed E-state index contributed by atoms with van der Waals surface area (Å²) >= 11 is 1.43. The number of thiazole rings is 1. The predicted octanol–water partition coefficient (Wildman–Crippen LogP) is 3.35. The molecule has 1 aromatic heterocycles. The Bertz CT molecular complexity index is 528. The normalized spacial score (nSPS) is 13.3. The Morgan fingerprint density at radius 1 is 1.37 bits per heavy atom. The van der Waals surface area contributed by atoms with E-state index >= 15 is 0 Å². The maximum absolute atomic E-state index is 12.2. The summed E-state index contributed by atoms with van der Waals surface area (Å²) in [6, 6.07) is 5.71. The largest absolute Gasteiger partial charge is 0.573 e. The molecule has 0 aliphatic carbocycles. The Labute approximate surface area is 112 Å². The van der Waals surface area contributed by atoms with Crippen LogP contribution < -0.4 is 10.1 Å². The molecule has 0 aliphatic rings. The lowest BCUT2D eigenvalue weighted by molar-refractivity contribution is -0.274. The van der Waals surface area contributed by atoms with Crippen LogP contribution in [0.5, 0.6) is 5.75 Å². The van der Waals surface area contributed by atoms with Crippen LogP contribution in [0.1, 0.15) is 16.5 Å². The molecule has 0 saturated carbocycles. The Hall–Kier alpha value is -1.60. The molecular formula is C12H11F3N2OS. The van der Waals surface area contributed by atoms with Gasteiger partial charge in [0.25, 0.3) is 0 Å². The quantitative estimate of drug-likeness (QED) is 0.937. The number of hydrogen-bond acceptors (Lipinski definition) is 4. The van der Waals surface area contributed by atoms with E-state index in [2.05, 4.69) is 15.0 Å². The Morgan fingerprint density at radius 2 is 2.16 bits per heavy atom. The predicted molar refractivity (Wildman–Crippen MR) is 66.1 cm³/mol. The number of benzene rings is 1. The zero-order chi connectivity index (χ0) is 13.9. The van der Waals surface area contributed by atoms with Gasteiger partial charge < -0.3 is 10.1 Å². The standard InChI is InChI=1S/C12H11F3N2OS/c1-16-11(10-6-17-7-19-10)8-3-2-4-9(5-8)18-12(13,14)15/h2-7,11,16H,1H3. The van der Waals surface area contributed by atoms with Crippen LogP contribution in [0.15, 0.2) is 36.0 Å². The summed E-state index contributed by atoms with van der Waals surface area (Å²) < 4.78 is 40.5. The van der Waals surface area contributed by atoms with Crippen molar-refractivity contribution in [2.24, 2.45) is 0 Å². The Morgan fingerprint density at radius 3 is 2.74 bits per heavy atom. The van der Waals surface area contributed by atoms with Crippen molar-refractivity contribution in [2.45, 2.75) is 12.4 Å². The number of aromatic nitrogens is 1. The van der Waals surface area contributed by atoms with E-state index in [1.54, 1.807) is 24.8 Å². The summed E-state index contributed by atoms with van der Waals surface area (Å²) in [5.74, 6) is -0.227. The van der Waals surface area contributed by atoms with Crippen molar-refractivity contribution in [3.05, 3.63) is 46.4 Å². The number of rotatable bonds is 4. The molecule has 1 aromatic carbocycles. The monoisotopic (exact) mass is 288 g/mol. The van der Waals surface area contributed by atoms with Gasteiger partial charge in [0.2, 0.25) is 0 Å². The van der Waals surface area contributed by atoms with E-state index in [4.69, 9.17) is 0 Å². The third kappa shape index (κ3) is 3.68. The Kier molecular flexibility index (Phi) is 4.06. The van der Waals surface area contributed by atoms with Gasteiger partial charge in [-0.2, -0.15) is 0 Å². The van der Waals surface area contributed by atoms with Crippen LogP contribution in [-0.2, 0) is 0 Å². The van der Waals surface area contributed by atoms with E-state index < -0.39 is 6.36 Å². The fourth-order valence-corrected chi connectivity index (χ4v) is 2.49. The number of hydrogen-bond donors (Lipinski definition) is 1. The van der Waals surface area contributed by atoms with Gasteiger partial charge in [-0.1, -0.05) is 12.1 Å². The van der Waals surface area contributed by atoms with Crippen LogP contribution >= 0.6 is 11.3 Å². The fourth-order valence-electron chi connectivity index (χ4n) is 1.73. The lowest BCUT2D eigenvalue weighted by atomic mass is 10.1. The molecule has 102 valence electrons. The summed E-state index contributed by atoms with van der Waals surface area (Å²) in [6.07, 6.45) is -3.00. The highest BCUT2D eigenvalue weighted by molar-refractivity contribution is 7.09. The maximum atomic E-state index is 12.2. The summed E-state index contributed by atoms with van der Waals surface area (Å²) in [5, 5.41) is 3.04. The van der Waals surface area contributed by atoms with Gasteiger partial charge in [-0.25, -0.2) is 0 Å². The number of alkyl halides is 3. The first-order valence-electron chi connectivity index (χ1n) is 5.41. The molecule has 0 fully saturated rings. The van der Waals surface area contributed by atoms with Gasteiger partial charge in [0.1, 0.15) is 5.75 Å². The molecule has 2 rings (SSSR count). The highest BCUT2D eigenvalue weighted by Crippen LogP contribution is 2.29. The van der Waals surface area contributed by atoms with Crippen molar-refractivity contribution in [1.29, 1.82) is 0 Å². The highest BCUT2D eigenvalue weighted by Gasteiger charge is 2.31. The van der Waals surface area contributed by atoms with Crippen LogP contribution in [0.3, 0.4) is 0 Å². The van der Waals surface area contributed by atoms with Crippen molar-refractivity contribution >= 4 is 11.3 Å². The number of nitrogens with zero attached hydrogens (tertiary/aromatic N) is 1. The zero-order valence-corrected chi connectivity index (χ0v) is 10.8. The van der Waals surface area contributed by atoms with Gasteiger partial charge in [0.05, 0.1) is 11.6 Å². The number of halogens is 3. The van der Waals surface area contributed by atoms with Crippen molar-refractivity contribution in [3.63, 3.8) is 0 Å². The summed E-state index contributed by atoms with van der Waals surface area (Å²) in [6.45, 7) is 0. The Balaban J connectivity index is 2.27. The van der Waals surface area contributed by atoms with Crippen LogP contribution in [0.25, 0.3) is 0 Å². The second-order valence-corrected chi connectivity index (χ2v) is 4.66. The topological polar surface area (TPSA) is 34.1 Å². The van der Waals surface area contributed by atoms with E-state index in [1.807, 2.05) is 0 Å². The van der Waals surface area contributed by atoms with E-state index in [0.717, 1.165) is 4.88 Å². The molecular weight excluding hydrogens is 277 g/mol. The molecule has 0 amide bonds.